The lowest BCUT2D eigenvalue weighted by molar-refractivity contribution is -0.385. The zero-order valence-electron chi connectivity index (χ0n) is 10.9. The SMILES string of the molecule is NCc1ccc(NC(=O)c2ccc(Cl)cc2)cc1[N+](=O)[O-]. The molecular weight excluding hydrogens is 294 g/mol. The van der Waals surface area contributed by atoms with Gasteiger partial charge < -0.3 is 11.1 Å². The van der Waals surface area contributed by atoms with Gasteiger partial charge in [0.05, 0.1) is 4.92 Å². The van der Waals surface area contributed by atoms with Crippen molar-refractivity contribution >= 4 is 28.9 Å². The highest BCUT2D eigenvalue weighted by Crippen LogP contribution is 2.23. The minimum atomic E-state index is -0.528. The molecule has 0 atom stereocenters. The Morgan fingerprint density at radius 1 is 1.24 bits per heavy atom. The molecule has 0 saturated heterocycles. The van der Waals surface area contributed by atoms with E-state index in [1.54, 1.807) is 30.3 Å². The van der Waals surface area contributed by atoms with Crippen LogP contribution < -0.4 is 11.1 Å². The van der Waals surface area contributed by atoms with Gasteiger partial charge in [-0.15, -0.1) is 0 Å². The quantitative estimate of drug-likeness (QED) is 0.670. The summed E-state index contributed by atoms with van der Waals surface area (Å²) < 4.78 is 0. The Morgan fingerprint density at radius 3 is 2.48 bits per heavy atom. The first-order valence-corrected chi connectivity index (χ1v) is 6.43. The monoisotopic (exact) mass is 305 g/mol. The van der Waals surface area contributed by atoms with Crippen LogP contribution in [0.25, 0.3) is 0 Å². The van der Waals surface area contributed by atoms with Crippen molar-refractivity contribution in [3.63, 3.8) is 0 Å². The Kier molecular flexibility index (Phi) is 4.52. The van der Waals surface area contributed by atoms with Crippen molar-refractivity contribution in [2.45, 2.75) is 6.54 Å². The van der Waals surface area contributed by atoms with Gasteiger partial charge in [-0.05, 0) is 36.4 Å². The third-order valence-electron chi connectivity index (χ3n) is 2.87. The van der Waals surface area contributed by atoms with Crippen molar-refractivity contribution in [2.75, 3.05) is 5.32 Å². The summed E-state index contributed by atoms with van der Waals surface area (Å²) in [5, 5.41) is 14.1. The van der Waals surface area contributed by atoms with E-state index in [1.807, 2.05) is 0 Å². The van der Waals surface area contributed by atoms with Gasteiger partial charge >= 0.3 is 0 Å². The van der Waals surface area contributed by atoms with Gasteiger partial charge in [0.2, 0.25) is 0 Å². The molecule has 0 unspecified atom stereocenters. The second kappa shape index (κ2) is 6.34. The maximum Gasteiger partial charge on any atom is 0.275 e. The summed E-state index contributed by atoms with van der Waals surface area (Å²) in [7, 11) is 0. The maximum atomic E-state index is 12.0. The third kappa shape index (κ3) is 3.56. The molecule has 6 nitrogen and oxygen atoms in total. The molecule has 0 aromatic heterocycles. The number of anilines is 1. The Morgan fingerprint density at radius 2 is 1.90 bits per heavy atom. The molecule has 0 fully saturated rings. The van der Waals surface area contributed by atoms with Gasteiger partial charge in [0.1, 0.15) is 0 Å². The van der Waals surface area contributed by atoms with Crippen LogP contribution in [0.5, 0.6) is 0 Å². The van der Waals surface area contributed by atoms with Gasteiger partial charge in [0.15, 0.2) is 0 Å². The van der Waals surface area contributed by atoms with Crippen molar-refractivity contribution in [3.05, 3.63) is 68.7 Å². The van der Waals surface area contributed by atoms with Crippen LogP contribution in [0.4, 0.5) is 11.4 Å². The van der Waals surface area contributed by atoms with Crippen molar-refractivity contribution in [1.29, 1.82) is 0 Å². The number of carbonyl (C=O) groups excluding carboxylic acids is 1. The fraction of sp³-hybridized carbons (Fsp3) is 0.0714. The van der Waals surface area contributed by atoms with E-state index >= 15 is 0 Å². The average molecular weight is 306 g/mol. The van der Waals surface area contributed by atoms with Crippen LogP contribution in [0.15, 0.2) is 42.5 Å². The van der Waals surface area contributed by atoms with Gasteiger partial charge in [-0.3, -0.25) is 14.9 Å². The van der Waals surface area contributed by atoms with Crippen molar-refractivity contribution in [2.24, 2.45) is 5.73 Å². The highest BCUT2D eigenvalue weighted by molar-refractivity contribution is 6.30. The van der Waals surface area contributed by atoms with Crippen LogP contribution in [0.3, 0.4) is 0 Å². The van der Waals surface area contributed by atoms with Crippen molar-refractivity contribution in [1.82, 2.24) is 0 Å². The number of nitro groups is 1. The lowest BCUT2D eigenvalue weighted by Gasteiger charge is -2.07. The molecule has 0 spiro atoms. The van der Waals surface area contributed by atoms with Crippen molar-refractivity contribution in [3.8, 4) is 0 Å². The number of nitrogens with one attached hydrogen (secondary N) is 1. The molecule has 0 aliphatic carbocycles. The van der Waals surface area contributed by atoms with Crippen LogP contribution in [0.1, 0.15) is 15.9 Å². The molecule has 2 rings (SSSR count). The molecule has 108 valence electrons. The number of hydrogen-bond acceptors (Lipinski definition) is 4. The molecule has 7 heteroatoms. The summed E-state index contributed by atoms with van der Waals surface area (Å²) in [6.07, 6.45) is 0. The summed E-state index contributed by atoms with van der Waals surface area (Å²) in [5.41, 5.74) is 6.47. The molecular formula is C14H12ClN3O3. The van der Waals surface area contributed by atoms with E-state index < -0.39 is 4.92 Å². The zero-order valence-corrected chi connectivity index (χ0v) is 11.6. The van der Waals surface area contributed by atoms with Gasteiger partial charge in [-0.25, -0.2) is 0 Å². The Balaban J connectivity index is 2.23. The number of halogens is 1. The summed E-state index contributed by atoms with van der Waals surface area (Å²) >= 11 is 5.75. The first kappa shape index (κ1) is 15.0. The molecule has 0 aliphatic heterocycles. The number of hydrogen-bond donors (Lipinski definition) is 2. The number of rotatable bonds is 4. The normalized spacial score (nSPS) is 10.2. The molecule has 3 N–H and O–H groups in total. The fourth-order valence-corrected chi connectivity index (χ4v) is 1.91. The van der Waals surface area contributed by atoms with E-state index in [0.717, 1.165) is 0 Å². The molecule has 0 saturated carbocycles. The van der Waals surface area contributed by atoms with Crippen LogP contribution >= 0.6 is 11.6 Å². The number of nitrogens with zero attached hydrogens (tertiary/aromatic N) is 1. The minimum Gasteiger partial charge on any atom is -0.326 e. The number of nitro benzene ring substituents is 1. The predicted molar refractivity (Wildman–Crippen MR) is 80.4 cm³/mol. The molecule has 0 aliphatic rings. The molecule has 0 radical (unpaired) electrons. The standard InChI is InChI=1S/C14H12ClN3O3/c15-11-4-1-9(2-5-11)14(19)17-12-6-3-10(8-16)13(7-12)18(20)21/h1-7H,8,16H2,(H,17,19). The second-order valence-corrected chi connectivity index (χ2v) is 4.70. The number of carbonyl (C=O) groups is 1. The van der Waals surface area contributed by atoms with E-state index in [2.05, 4.69) is 5.32 Å². The summed E-state index contributed by atoms with van der Waals surface area (Å²) in [5.74, 6) is -0.374. The van der Waals surface area contributed by atoms with Crippen molar-refractivity contribution < 1.29 is 9.72 Å². The summed E-state index contributed by atoms with van der Waals surface area (Å²) in [4.78, 5) is 22.4. The number of nitrogens with two attached hydrogens (primary N) is 1. The first-order valence-electron chi connectivity index (χ1n) is 6.05. The molecule has 21 heavy (non-hydrogen) atoms. The number of amides is 1. The molecule has 1 amide bonds. The first-order chi connectivity index (χ1) is 10.0. The summed E-state index contributed by atoms with van der Waals surface area (Å²) in [6.45, 7) is 0.0573. The molecule has 2 aromatic rings. The minimum absolute atomic E-state index is 0.0573. The summed E-state index contributed by atoms with van der Waals surface area (Å²) in [6, 6.07) is 10.7. The van der Waals surface area contributed by atoms with E-state index in [-0.39, 0.29) is 18.1 Å². The highest BCUT2D eigenvalue weighted by Gasteiger charge is 2.14. The van der Waals surface area contributed by atoms with Gasteiger partial charge in [-0.1, -0.05) is 11.6 Å². The zero-order chi connectivity index (χ0) is 15.4. The van der Waals surface area contributed by atoms with Gasteiger partial charge in [0, 0.05) is 34.4 Å². The van der Waals surface area contributed by atoms with Gasteiger partial charge in [-0.2, -0.15) is 0 Å². The molecule has 2 aromatic carbocycles. The fourth-order valence-electron chi connectivity index (χ4n) is 1.79. The van der Waals surface area contributed by atoms with E-state index in [0.29, 0.717) is 21.8 Å². The lowest BCUT2D eigenvalue weighted by Crippen LogP contribution is -2.12. The maximum absolute atomic E-state index is 12.0. The number of benzene rings is 2. The second-order valence-electron chi connectivity index (χ2n) is 4.27. The van der Waals surface area contributed by atoms with Crippen LogP contribution in [0, 0.1) is 10.1 Å². The lowest BCUT2D eigenvalue weighted by atomic mass is 10.1. The smallest absolute Gasteiger partial charge is 0.275 e. The Hall–Kier alpha value is -2.44. The third-order valence-corrected chi connectivity index (χ3v) is 3.12. The van der Waals surface area contributed by atoms with Crippen LogP contribution in [0.2, 0.25) is 5.02 Å². The van der Waals surface area contributed by atoms with Crippen LogP contribution in [-0.4, -0.2) is 10.8 Å². The Bertz CT molecular complexity index is 686. The Labute approximate surface area is 125 Å². The van der Waals surface area contributed by atoms with E-state index in [9.17, 15) is 14.9 Å². The highest BCUT2D eigenvalue weighted by atomic mass is 35.5. The largest absolute Gasteiger partial charge is 0.326 e. The average Bonchev–Trinajstić information content (AvgIpc) is 2.47. The molecule has 0 heterocycles. The van der Waals surface area contributed by atoms with E-state index in [1.165, 1.54) is 12.1 Å². The van der Waals surface area contributed by atoms with E-state index in [4.69, 9.17) is 17.3 Å². The topological polar surface area (TPSA) is 98.3 Å². The molecule has 0 bridgehead atoms. The van der Waals surface area contributed by atoms with Gasteiger partial charge in [0.25, 0.3) is 11.6 Å². The predicted octanol–water partition coefficient (Wildman–Crippen LogP) is 2.96. The van der Waals surface area contributed by atoms with Crippen LogP contribution in [-0.2, 0) is 6.54 Å².